The molecule has 12 atom stereocenters. The number of benzene rings is 3. The van der Waals surface area contributed by atoms with Crippen LogP contribution < -0.4 is 22.5 Å². The molecule has 0 amide bonds. The maximum atomic E-state index is 10.9. The number of hydrogen-bond acceptors (Lipinski definition) is 25. The summed E-state index contributed by atoms with van der Waals surface area (Å²) in [4.78, 5) is 59.4. The molecule has 3 saturated heterocycles. The van der Waals surface area contributed by atoms with Gasteiger partial charge in [-0.3, -0.25) is 23.5 Å². The number of aromatic amines is 3. The number of ether oxygens (including phenoxy) is 3. The second-order valence-corrected chi connectivity index (χ2v) is 35.8. The Balaban J connectivity index is 0.000000131. The van der Waals surface area contributed by atoms with E-state index < -0.39 is 73.6 Å². The van der Waals surface area contributed by atoms with Crippen LogP contribution in [0.1, 0.15) is 174 Å². The van der Waals surface area contributed by atoms with Crippen LogP contribution in [0.2, 0.25) is 0 Å². The largest absolute Gasteiger partial charge is 0.397 e. The molecule has 0 radical (unpaired) electrons. The normalized spacial score (nSPS) is 27.6. The van der Waals surface area contributed by atoms with E-state index in [1.807, 2.05) is 18.2 Å². The number of nitrogens with zero attached hydrogens (tertiary/aromatic N) is 15. The molecule has 6 aliphatic rings. The number of H-pyrrole nitrogens is 3. The Labute approximate surface area is 673 Å². The van der Waals surface area contributed by atoms with E-state index in [1.54, 1.807) is 50.9 Å². The summed E-state index contributed by atoms with van der Waals surface area (Å²) in [5, 5.41) is 68.4. The molecule has 3 aliphatic heterocycles. The van der Waals surface area contributed by atoms with E-state index in [-0.39, 0.29) is 28.7 Å². The lowest BCUT2D eigenvalue weighted by Crippen LogP contribution is -2.52. The lowest BCUT2D eigenvalue weighted by atomic mass is 9.76. The van der Waals surface area contributed by atoms with Crippen molar-refractivity contribution in [3.8, 4) is 0 Å². The SMILES string of the molecule is CC(C)N(C[C@H]1O[C@@H](n2cnc3c(N)ccnc32)[C@H](O)[C@@H]1O)C1CC(CCc2nc3ccc(C(C)(C)C)cc3[nH]2)C1.CC(C)N(C[C@H]1O[C@@H](n2cnc3c(N)ccnc32)[C@H](O)[C@@H]1O)C1CC(CCc2nc3ccc(C(C)(C)C)cc3[nH]2)C1.Nc1ncnc2c1ncn2[C@@H]1O[C@H](CNC2CC(CCc3nc4ccccc4[nH]3)C2)[C@@H](O)[C@H]1O. The number of fused-ring (bicyclic) bond motifs is 6. The van der Waals surface area contributed by atoms with E-state index >= 15 is 0 Å². The molecular formula is C85H114N22O9. The molecule has 16 N–H and O–H groups in total. The minimum Gasteiger partial charge on any atom is -0.397 e. The number of aryl methyl sites for hydroxylation is 3. The highest BCUT2D eigenvalue weighted by atomic mass is 16.6. The van der Waals surface area contributed by atoms with Crippen molar-refractivity contribution >= 4 is 83.8 Å². The van der Waals surface area contributed by atoms with Gasteiger partial charge in [0.2, 0.25) is 0 Å². The fourth-order valence-corrected chi connectivity index (χ4v) is 17.9. The highest BCUT2D eigenvalue weighted by Crippen LogP contribution is 2.43. The van der Waals surface area contributed by atoms with Crippen LogP contribution in [0.3, 0.4) is 0 Å². The first kappa shape index (κ1) is 80.6. The minimum absolute atomic E-state index is 0.112. The zero-order valence-electron chi connectivity index (χ0n) is 67.9. The van der Waals surface area contributed by atoms with Crippen LogP contribution in [-0.2, 0) is 44.3 Å². The van der Waals surface area contributed by atoms with E-state index in [2.05, 4.69) is 182 Å². The third kappa shape index (κ3) is 16.6. The monoisotopic (exact) mass is 1590 g/mol. The Morgan fingerprint density at radius 1 is 0.466 bits per heavy atom. The molecule has 18 rings (SSSR count). The zero-order valence-corrected chi connectivity index (χ0v) is 67.9. The lowest BCUT2D eigenvalue weighted by molar-refractivity contribution is -0.0620. The van der Waals surface area contributed by atoms with Gasteiger partial charge in [-0.1, -0.05) is 65.8 Å². The molecule has 3 aromatic carbocycles. The summed E-state index contributed by atoms with van der Waals surface area (Å²) in [6.07, 6.45) is 11.7. The van der Waals surface area contributed by atoms with Crippen LogP contribution in [0.15, 0.2) is 110 Å². The van der Waals surface area contributed by atoms with Crippen molar-refractivity contribution in [3.63, 3.8) is 0 Å². The standard InChI is InChI=1S/2C31H43N7O3.C23H28N8O3/c2*1-17(2)37(15-24-27(39)28(40)30(41-24)38-16-34-26-21(32)10-11-33-29(26)38)20-12-18(13-20)6-9-25-35-22-8-7-19(31(3,4)5)14-23(22)36-25;24-21-18-22(27-10-26-21)31(11-28-18)23-20(33)19(32)16(34-23)9-25-13-7-12(8-13)5-6-17-29-14-3-1-2-4-15(14)30-17/h2*7-8,10-11,14,16-18,20,24,27-28,30,39-40H,6,9,12-13,15H2,1-5H3,(H2,32,33)(H,35,36);1-4,10-13,16,19-20,23,25,32-33H,5-9H2,(H,29,30)(H2,24,26,27)/t2*18?,20?,24-,27-,28-,30-;12?,13?,16-,19-,20-,23-/m111/s1. The Kier molecular flexibility index (Phi) is 22.9. The molecule has 12 heterocycles. The summed E-state index contributed by atoms with van der Waals surface area (Å²) in [6, 6.07) is 26.3. The molecule has 6 fully saturated rings. The summed E-state index contributed by atoms with van der Waals surface area (Å²) < 4.78 is 23.4. The smallest absolute Gasteiger partial charge is 0.167 e. The van der Waals surface area contributed by atoms with Gasteiger partial charge in [-0.05, 0) is 174 Å². The first-order chi connectivity index (χ1) is 55.5. The van der Waals surface area contributed by atoms with Crippen LogP contribution in [0, 0.1) is 17.8 Å². The second-order valence-electron chi connectivity index (χ2n) is 35.8. The summed E-state index contributed by atoms with van der Waals surface area (Å²) >= 11 is 0. The molecule has 31 nitrogen and oxygen atoms in total. The van der Waals surface area contributed by atoms with Crippen LogP contribution in [-0.4, -0.2) is 224 Å². The number of aliphatic hydroxyl groups excluding tert-OH is 6. The van der Waals surface area contributed by atoms with Crippen LogP contribution in [0.5, 0.6) is 0 Å². The summed E-state index contributed by atoms with van der Waals surface area (Å²) in [5.41, 5.74) is 31.3. The van der Waals surface area contributed by atoms with Crippen molar-refractivity contribution in [2.24, 2.45) is 17.8 Å². The van der Waals surface area contributed by atoms with Crippen molar-refractivity contribution in [3.05, 3.63) is 139 Å². The second kappa shape index (κ2) is 32.9. The van der Waals surface area contributed by atoms with Crippen molar-refractivity contribution in [2.75, 3.05) is 36.8 Å². The van der Waals surface area contributed by atoms with Gasteiger partial charge < -0.3 is 82.3 Å². The Hall–Kier alpha value is -9.22. The van der Waals surface area contributed by atoms with Crippen LogP contribution >= 0.6 is 0 Å². The number of para-hydroxylation sites is 2. The van der Waals surface area contributed by atoms with E-state index in [4.69, 9.17) is 41.4 Å². The number of aliphatic hydroxyl groups is 6. The van der Waals surface area contributed by atoms with Gasteiger partial charge in [0.15, 0.2) is 41.4 Å². The number of imidazole rings is 6. The molecule has 618 valence electrons. The number of pyridine rings is 2. The molecule has 3 saturated carbocycles. The van der Waals surface area contributed by atoms with Crippen molar-refractivity contribution < 1.29 is 44.8 Å². The molecule has 9 aromatic heterocycles. The maximum absolute atomic E-state index is 10.9. The van der Waals surface area contributed by atoms with Gasteiger partial charge in [0.25, 0.3) is 0 Å². The van der Waals surface area contributed by atoms with Gasteiger partial charge in [0.05, 0.1) is 63.5 Å². The van der Waals surface area contributed by atoms with Crippen molar-refractivity contribution in [1.82, 2.24) is 93.6 Å². The van der Waals surface area contributed by atoms with E-state index in [9.17, 15) is 30.6 Å². The topological polar surface area (TPSA) is 437 Å². The molecule has 31 heteroatoms. The minimum atomic E-state index is -1.10. The number of hydrogen-bond donors (Lipinski definition) is 13. The van der Waals surface area contributed by atoms with Crippen LogP contribution in [0.4, 0.5) is 17.2 Å². The Morgan fingerprint density at radius 2 is 0.862 bits per heavy atom. The zero-order chi connectivity index (χ0) is 81.3. The molecule has 12 aromatic rings. The fourth-order valence-electron chi connectivity index (χ4n) is 17.9. The van der Waals surface area contributed by atoms with Crippen molar-refractivity contribution in [2.45, 2.75) is 261 Å². The highest BCUT2D eigenvalue weighted by molar-refractivity contribution is 5.85. The summed E-state index contributed by atoms with van der Waals surface area (Å²) in [5.74, 6) is 5.35. The Morgan fingerprint density at radius 3 is 1.30 bits per heavy atom. The van der Waals surface area contributed by atoms with E-state index in [0.717, 1.165) is 128 Å². The van der Waals surface area contributed by atoms with Gasteiger partial charge in [-0.2, -0.15) is 0 Å². The number of rotatable bonds is 23. The number of anilines is 3. The predicted octanol–water partition coefficient (Wildman–Crippen LogP) is 8.76. The van der Waals surface area contributed by atoms with Gasteiger partial charge >= 0.3 is 0 Å². The van der Waals surface area contributed by atoms with Gasteiger partial charge in [0.1, 0.15) is 95.3 Å². The average molecular weight is 1590 g/mol. The number of nitrogens with two attached hydrogens (primary N) is 3. The average Bonchev–Trinajstić information content (AvgIpc) is 1.63. The Bertz CT molecular complexity index is 5110. The summed E-state index contributed by atoms with van der Waals surface area (Å²) in [7, 11) is 0. The van der Waals surface area contributed by atoms with Gasteiger partial charge in [-0.25, -0.2) is 49.8 Å². The molecule has 0 bridgehead atoms. The van der Waals surface area contributed by atoms with Gasteiger partial charge in [0, 0.05) is 81.5 Å². The number of nitrogen functional groups attached to an aromatic ring is 3. The first-order valence-electron chi connectivity index (χ1n) is 41.3. The van der Waals surface area contributed by atoms with Gasteiger partial charge in [-0.15, -0.1) is 0 Å². The van der Waals surface area contributed by atoms with E-state index in [0.29, 0.717) is 100 Å². The highest BCUT2D eigenvalue weighted by Gasteiger charge is 2.50. The molecule has 0 spiro atoms. The molecule has 3 aliphatic carbocycles. The molecule has 0 unspecified atom stereocenters. The van der Waals surface area contributed by atoms with E-state index in [1.165, 1.54) is 23.8 Å². The maximum Gasteiger partial charge on any atom is 0.167 e. The van der Waals surface area contributed by atoms with Crippen molar-refractivity contribution in [1.29, 1.82) is 0 Å². The number of nitrogens with one attached hydrogen (secondary N) is 4. The first-order valence-corrected chi connectivity index (χ1v) is 41.3. The fraction of sp³-hybridized carbons (Fsp3) is 0.553. The predicted molar refractivity (Wildman–Crippen MR) is 443 cm³/mol. The number of aromatic nitrogens is 16. The quantitative estimate of drug-likeness (QED) is 0.0284. The molecular weight excluding hydrogens is 1470 g/mol. The third-order valence-corrected chi connectivity index (χ3v) is 25.1. The van der Waals surface area contributed by atoms with Crippen LogP contribution in [0.25, 0.3) is 66.6 Å². The summed E-state index contributed by atoms with van der Waals surface area (Å²) in [6.45, 7) is 23.7. The third-order valence-electron chi connectivity index (χ3n) is 25.1. The lowest BCUT2D eigenvalue weighted by Gasteiger charge is -2.46. The molecule has 116 heavy (non-hydrogen) atoms.